The van der Waals surface area contributed by atoms with Gasteiger partial charge in [0.25, 0.3) is 0 Å². The van der Waals surface area contributed by atoms with Gasteiger partial charge in [-0.2, -0.15) is 0 Å². The van der Waals surface area contributed by atoms with E-state index in [1.54, 1.807) is 0 Å². The van der Waals surface area contributed by atoms with Gasteiger partial charge in [-0.1, -0.05) is 34.6 Å². The summed E-state index contributed by atoms with van der Waals surface area (Å²) < 4.78 is 0. The molecular formula is C11H18N. The Hall–Kier alpha value is -0.720. The van der Waals surface area contributed by atoms with Gasteiger partial charge in [0.1, 0.15) is 0 Å². The van der Waals surface area contributed by atoms with E-state index in [1.807, 2.05) is 0 Å². The van der Waals surface area contributed by atoms with Gasteiger partial charge in [-0.05, 0) is 18.1 Å². The van der Waals surface area contributed by atoms with Crippen LogP contribution < -0.4 is 5.32 Å². The van der Waals surface area contributed by atoms with Crippen molar-refractivity contribution in [3.63, 3.8) is 0 Å². The molecule has 0 unspecified atom stereocenters. The standard InChI is InChI=1S/C11H18N/c1-8(2)9-6-7-10(12-9)11(3,4)5/h6-8H,1-5H3. The van der Waals surface area contributed by atoms with E-state index < -0.39 is 0 Å². The van der Waals surface area contributed by atoms with Crippen molar-refractivity contribution in [1.29, 1.82) is 0 Å². The zero-order valence-corrected chi connectivity index (χ0v) is 8.68. The number of allylic oxidation sites excluding steroid dienone is 4. The highest BCUT2D eigenvalue weighted by molar-refractivity contribution is 5.30. The molecular weight excluding hydrogens is 146 g/mol. The molecule has 0 bridgehead atoms. The second kappa shape index (κ2) is 2.96. The Kier molecular flexibility index (Phi) is 2.31. The van der Waals surface area contributed by atoms with Crippen LogP contribution in [0.4, 0.5) is 0 Å². The molecule has 0 saturated heterocycles. The predicted octanol–water partition coefficient (Wildman–Crippen LogP) is 3.07. The van der Waals surface area contributed by atoms with E-state index in [-0.39, 0.29) is 5.41 Å². The molecule has 0 aromatic rings. The normalized spacial score (nSPS) is 17.5. The summed E-state index contributed by atoms with van der Waals surface area (Å²) in [6.07, 6.45) is 4.26. The van der Waals surface area contributed by atoms with Crippen molar-refractivity contribution in [3.05, 3.63) is 23.5 Å². The van der Waals surface area contributed by atoms with Crippen molar-refractivity contribution in [2.24, 2.45) is 11.3 Å². The maximum absolute atomic E-state index is 4.58. The second-order valence-corrected chi connectivity index (χ2v) is 4.66. The SMILES string of the molecule is CC(C)C1=CC=C(C(C)(C)C)[N]1. The molecule has 0 spiro atoms. The lowest BCUT2D eigenvalue weighted by Crippen LogP contribution is -2.17. The first kappa shape index (κ1) is 9.37. The molecule has 1 radical (unpaired) electrons. The molecule has 1 nitrogen and oxygen atoms in total. The summed E-state index contributed by atoms with van der Waals surface area (Å²) in [6, 6.07) is 0. The van der Waals surface area contributed by atoms with E-state index in [2.05, 4.69) is 52.1 Å². The van der Waals surface area contributed by atoms with Gasteiger partial charge in [-0.25, -0.2) is 0 Å². The Morgan fingerprint density at radius 3 is 2.00 bits per heavy atom. The third-order valence-corrected chi connectivity index (χ3v) is 2.02. The van der Waals surface area contributed by atoms with E-state index in [0.717, 1.165) is 0 Å². The molecule has 1 rings (SSSR count). The van der Waals surface area contributed by atoms with E-state index in [1.165, 1.54) is 11.4 Å². The molecule has 0 atom stereocenters. The van der Waals surface area contributed by atoms with Gasteiger partial charge in [-0.3, -0.25) is 5.32 Å². The van der Waals surface area contributed by atoms with Gasteiger partial charge in [0, 0.05) is 16.8 Å². The highest BCUT2D eigenvalue weighted by Gasteiger charge is 2.22. The minimum atomic E-state index is 0.188. The van der Waals surface area contributed by atoms with E-state index in [0.29, 0.717) is 5.92 Å². The van der Waals surface area contributed by atoms with Gasteiger partial charge < -0.3 is 0 Å². The van der Waals surface area contributed by atoms with Crippen LogP contribution in [0.1, 0.15) is 34.6 Å². The van der Waals surface area contributed by atoms with Crippen molar-refractivity contribution in [1.82, 2.24) is 5.32 Å². The van der Waals surface area contributed by atoms with Gasteiger partial charge >= 0.3 is 0 Å². The first-order chi connectivity index (χ1) is 5.41. The molecule has 0 saturated carbocycles. The molecule has 1 aliphatic heterocycles. The Morgan fingerprint density at radius 2 is 1.75 bits per heavy atom. The number of hydrogen-bond acceptors (Lipinski definition) is 0. The number of rotatable bonds is 1. The second-order valence-electron chi connectivity index (χ2n) is 4.66. The Morgan fingerprint density at radius 1 is 1.17 bits per heavy atom. The van der Waals surface area contributed by atoms with Gasteiger partial charge in [0.05, 0.1) is 0 Å². The molecule has 12 heavy (non-hydrogen) atoms. The van der Waals surface area contributed by atoms with Crippen molar-refractivity contribution in [3.8, 4) is 0 Å². The third-order valence-electron chi connectivity index (χ3n) is 2.02. The molecule has 1 heteroatoms. The molecule has 0 aromatic carbocycles. The zero-order valence-electron chi connectivity index (χ0n) is 8.68. The molecule has 1 aliphatic rings. The topological polar surface area (TPSA) is 14.1 Å². The smallest absolute Gasteiger partial charge is 0.0461 e. The van der Waals surface area contributed by atoms with Crippen molar-refractivity contribution in [2.75, 3.05) is 0 Å². The van der Waals surface area contributed by atoms with Crippen molar-refractivity contribution >= 4 is 0 Å². The predicted molar refractivity (Wildman–Crippen MR) is 52.6 cm³/mol. The van der Waals surface area contributed by atoms with Crippen LogP contribution in [-0.2, 0) is 0 Å². The Bertz CT molecular complexity index is 226. The van der Waals surface area contributed by atoms with Crippen LogP contribution in [-0.4, -0.2) is 0 Å². The quantitative estimate of drug-likeness (QED) is 0.565. The van der Waals surface area contributed by atoms with E-state index in [9.17, 15) is 0 Å². The van der Waals surface area contributed by atoms with E-state index >= 15 is 0 Å². The summed E-state index contributed by atoms with van der Waals surface area (Å²) in [5, 5.41) is 4.58. The lowest BCUT2D eigenvalue weighted by Gasteiger charge is -2.20. The van der Waals surface area contributed by atoms with Crippen molar-refractivity contribution < 1.29 is 0 Å². The van der Waals surface area contributed by atoms with Gasteiger partial charge in [0.2, 0.25) is 0 Å². The molecule has 0 N–H and O–H groups in total. The molecule has 0 amide bonds. The monoisotopic (exact) mass is 164 g/mol. The van der Waals surface area contributed by atoms with Crippen LogP contribution in [0.3, 0.4) is 0 Å². The highest BCUT2D eigenvalue weighted by atomic mass is 14.9. The maximum Gasteiger partial charge on any atom is 0.0461 e. The zero-order chi connectivity index (χ0) is 9.35. The summed E-state index contributed by atoms with van der Waals surface area (Å²) in [5.74, 6) is 0.543. The summed E-state index contributed by atoms with van der Waals surface area (Å²) in [6.45, 7) is 10.9. The maximum atomic E-state index is 4.58. The van der Waals surface area contributed by atoms with Crippen molar-refractivity contribution in [2.45, 2.75) is 34.6 Å². The summed E-state index contributed by atoms with van der Waals surface area (Å²) >= 11 is 0. The minimum absolute atomic E-state index is 0.188. The molecule has 67 valence electrons. The Balaban J connectivity index is 2.62. The third kappa shape index (κ3) is 1.90. The van der Waals surface area contributed by atoms with Crippen LogP contribution in [0.15, 0.2) is 23.5 Å². The number of hydrogen-bond donors (Lipinski definition) is 0. The summed E-state index contributed by atoms with van der Waals surface area (Å²) in [5.41, 5.74) is 2.60. The fourth-order valence-corrected chi connectivity index (χ4v) is 1.12. The van der Waals surface area contributed by atoms with Crippen LogP contribution in [0.25, 0.3) is 0 Å². The van der Waals surface area contributed by atoms with Gasteiger partial charge in [-0.15, -0.1) is 0 Å². The first-order valence-electron chi connectivity index (χ1n) is 4.55. The lowest BCUT2D eigenvalue weighted by molar-refractivity contribution is 0.468. The van der Waals surface area contributed by atoms with E-state index in [4.69, 9.17) is 0 Å². The molecule has 0 aromatic heterocycles. The average molecular weight is 164 g/mol. The number of nitrogens with zero attached hydrogens (tertiary/aromatic N) is 1. The minimum Gasteiger partial charge on any atom is -0.257 e. The molecule has 0 fully saturated rings. The van der Waals surface area contributed by atoms with Crippen LogP contribution in [0.5, 0.6) is 0 Å². The first-order valence-corrected chi connectivity index (χ1v) is 4.55. The summed E-state index contributed by atoms with van der Waals surface area (Å²) in [4.78, 5) is 0. The fraction of sp³-hybridized carbons (Fsp3) is 0.636. The van der Waals surface area contributed by atoms with Crippen LogP contribution >= 0.6 is 0 Å². The fourth-order valence-electron chi connectivity index (χ4n) is 1.12. The molecule has 1 heterocycles. The average Bonchev–Trinajstić information content (AvgIpc) is 2.30. The molecule has 0 aliphatic carbocycles. The van der Waals surface area contributed by atoms with Crippen LogP contribution in [0, 0.1) is 11.3 Å². The lowest BCUT2D eigenvalue weighted by atomic mass is 9.92. The van der Waals surface area contributed by atoms with Crippen LogP contribution in [0.2, 0.25) is 0 Å². The largest absolute Gasteiger partial charge is 0.257 e. The summed E-state index contributed by atoms with van der Waals surface area (Å²) in [7, 11) is 0. The highest BCUT2D eigenvalue weighted by Crippen LogP contribution is 2.29. The van der Waals surface area contributed by atoms with Gasteiger partial charge in [0.15, 0.2) is 0 Å². The Labute approximate surface area is 75.6 Å².